The van der Waals surface area contributed by atoms with Crippen LogP contribution in [0.15, 0.2) is 54.9 Å². The topological polar surface area (TPSA) is 87.4 Å². The van der Waals surface area contributed by atoms with Gasteiger partial charge in [-0.15, -0.1) is 0 Å². The Morgan fingerprint density at radius 2 is 1.95 bits per heavy atom. The maximum Gasteiger partial charge on any atom is 0.298 e. The Kier molecular flexibility index (Phi) is 7.44. The molecule has 2 atom stereocenters. The van der Waals surface area contributed by atoms with E-state index in [1.165, 1.54) is 13.2 Å². The fourth-order valence-electron chi connectivity index (χ4n) is 5.25. The molecule has 6 rings (SSSR count). The molecule has 41 heavy (non-hydrogen) atoms. The molecule has 0 aliphatic carbocycles. The normalized spacial score (nSPS) is 18.3. The Bertz CT molecular complexity index is 1640. The van der Waals surface area contributed by atoms with Crippen LogP contribution in [0.4, 0.5) is 4.39 Å². The molecule has 1 unspecified atom stereocenters. The highest BCUT2D eigenvalue weighted by Crippen LogP contribution is 2.36. The molecule has 2 aromatic heterocycles. The van der Waals surface area contributed by atoms with Gasteiger partial charge >= 0.3 is 0 Å². The number of ether oxygens (including phenoxy) is 4. The fourth-order valence-corrected chi connectivity index (χ4v) is 5.25. The number of carbonyl (C=O) groups is 1. The molecule has 0 N–H and O–H groups in total. The van der Waals surface area contributed by atoms with E-state index >= 15 is 0 Å². The monoisotopic (exact) mass is 556 g/mol. The molecule has 210 valence electrons. The lowest BCUT2D eigenvalue weighted by molar-refractivity contribution is -0.124. The summed E-state index contributed by atoms with van der Waals surface area (Å²) >= 11 is 0. The van der Waals surface area contributed by atoms with Gasteiger partial charge in [-0.25, -0.2) is 4.98 Å². The zero-order chi connectivity index (χ0) is 28.3. The third-order valence-electron chi connectivity index (χ3n) is 7.29. The number of carbonyl (C=O) groups excluding carboxylic acids is 1. The summed E-state index contributed by atoms with van der Waals surface area (Å²) in [6, 6.07) is 12.0. The van der Waals surface area contributed by atoms with Gasteiger partial charge in [0.15, 0.2) is 11.5 Å². The maximum absolute atomic E-state index is 14.6. The molecule has 2 fully saturated rings. The maximum atomic E-state index is 14.6. The molecule has 0 spiro atoms. The molecule has 0 radical (unpaired) electrons. The second-order valence-electron chi connectivity index (χ2n) is 9.90. The zero-order valence-corrected chi connectivity index (χ0v) is 22.8. The second-order valence-corrected chi connectivity index (χ2v) is 9.90. The molecule has 9 nitrogen and oxygen atoms in total. The van der Waals surface area contributed by atoms with Crippen LogP contribution in [0.5, 0.6) is 23.1 Å². The fraction of sp³-hybridized carbons (Fsp3) is 0.323. The van der Waals surface area contributed by atoms with Crippen LogP contribution in [0.2, 0.25) is 0 Å². The Morgan fingerprint density at radius 3 is 2.71 bits per heavy atom. The van der Waals surface area contributed by atoms with Crippen molar-refractivity contribution in [1.29, 1.82) is 0 Å². The van der Waals surface area contributed by atoms with E-state index in [4.69, 9.17) is 23.9 Å². The molecular weight excluding hydrogens is 527 g/mol. The minimum Gasteiger partial charge on any atom is -0.494 e. The average Bonchev–Trinajstić information content (AvgIpc) is 3.75. The van der Waals surface area contributed by atoms with Gasteiger partial charge in [0.25, 0.3) is 5.91 Å². The number of fused-ring (bicyclic) bond motifs is 1. The Hall–Kier alpha value is -4.62. The number of rotatable bonds is 7. The Labute approximate surface area is 236 Å². The first-order chi connectivity index (χ1) is 20.1. The summed E-state index contributed by atoms with van der Waals surface area (Å²) in [5.74, 6) is 6.60. The van der Waals surface area contributed by atoms with Crippen LogP contribution in [-0.4, -0.2) is 64.7 Å². The van der Waals surface area contributed by atoms with Crippen LogP contribution in [0, 0.1) is 17.7 Å². The average molecular weight is 557 g/mol. The number of likely N-dealkylation sites (tertiary alicyclic amines) is 1. The summed E-state index contributed by atoms with van der Waals surface area (Å²) in [6.07, 6.45) is 4.93. The van der Waals surface area contributed by atoms with Crippen LogP contribution in [0.3, 0.4) is 0 Å². The quantitative estimate of drug-likeness (QED) is 0.301. The highest BCUT2D eigenvalue weighted by molar-refractivity contribution is 5.93. The van der Waals surface area contributed by atoms with Crippen molar-refractivity contribution in [2.45, 2.75) is 31.8 Å². The molecular formula is C31H29FN4O5. The van der Waals surface area contributed by atoms with Crippen molar-refractivity contribution in [3.8, 4) is 46.2 Å². The van der Waals surface area contributed by atoms with Crippen LogP contribution in [-0.2, 0) is 9.53 Å². The first-order valence-electron chi connectivity index (χ1n) is 13.5. The molecule has 2 saturated heterocycles. The third kappa shape index (κ3) is 5.28. The first kappa shape index (κ1) is 26.6. The predicted octanol–water partition coefficient (Wildman–Crippen LogP) is 4.84. The smallest absolute Gasteiger partial charge is 0.298 e. The van der Waals surface area contributed by atoms with Crippen molar-refractivity contribution in [2.24, 2.45) is 0 Å². The van der Waals surface area contributed by atoms with Crippen LogP contribution >= 0.6 is 0 Å². The number of nitrogens with zero attached hydrogens (tertiary/aromatic N) is 4. The summed E-state index contributed by atoms with van der Waals surface area (Å²) in [6.45, 7) is 3.95. The molecule has 0 saturated carbocycles. The number of aromatic nitrogens is 3. The number of imidazole rings is 1. The number of benzene rings is 2. The van der Waals surface area contributed by atoms with Gasteiger partial charge in [0, 0.05) is 31.0 Å². The Balaban J connectivity index is 1.35. The number of hydrogen-bond donors (Lipinski definition) is 0. The lowest BCUT2D eigenvalue weighted by Gasteiger charge is -2.16. The summed E-state index contributed by atoms with van der Waals surface area (Å²) < 4.78 is 39.3. The SMILES string of the molecule is CC#CC(=O)N1CC[C@@H](c2nc(-c3ccc(Oc4cccc(OC)c4F)cc3)c3cncc(OC4CCOC4)n23)C1. The van der Waals surface area contributed by atoms with Gasteiger partial charge in [-0.3, -0.25) is 14.2 Å². The zero-order valence-electron chi connectivity index (χ0n) is 22.8. The molecule has 4 aromatic rings. The van der Waals surface area contributed by atoms with Crippen molar-refractivity contribution in [1.82, 2.24) is 19.3 Å². The standard InChI is InChI=1S/C31H29FN4O5/c1-3-5-27(37)35-14-12-21(18-35)31-34-30(24-16-33-17-28(36(24)31)41-23-13-15-39-19-23)20-8-10-22(11-9-20)40-26-7-4-6-25(38-2)29(26)32/h4,6-11,16-17,21,23H,12-15,18-19H2,1-2H3/t21-,23?/m1/s1. The Morgan fingerprint density at radius 1 is 1.12 bits per heavy atom. The van der Waals surface area contributed by atoms with E-state index in [1.807, 2.05) is 16.5 Å². The number of halogens is 1. The van der Waals surface area contributed by atoms with Gasteiger partial charge in [-0.1, -0.05) is 12.0 Å². The van der Waals surface area contributed by atoms with E-state index in [0.29, 0.717) is 37.9 Å². The minimum absolute atomic E-state index is 0.0120. The van der Waals surface area contributed by atoms with E-state index in [-0.39, 0.29) is 29.4 Å². The van der Waals surface area contributed by atoms with Crippen LogP contribution < -0.4 is 14.2 Å². The van der Waals surface area contributed by atoms with Crippen molar-refractivity contribution < 1.29 is 28.1 Å². The molecule has 2 aliphatic heterocycles. The van der Waals surface area contributed by atoms with E-state index in [1.54, 1.807) is 48.5 Å². The van der Waals surface area contributed by atoms with E-state index in [9.17, 15) is 9.18 Å². The van der Waals surface area contributed by atoms with Gasteiger partial charge in [0.2, 0.25) is 11.7 Å². The second kappa shape index (κ2) is 11.5. The van der Waals surface area contributed by atoms with Crippen molar-refractivity contribution >= 4 is 11.4 Å². The summed E-state index contributed by atoms with van der Waals surface area (Å²) in [5, 5.41) is 0. The molecule has 0 bridgehead atoms. The van der Waals surface area contributed by atoms with E-state index in [2.05, 4.69) is 16.8 Å². The van der Waals surface area contributed by atoms with Crippen LogP contribution in [0.25, 0.3) is 16.8 Å². The lowest BCUT2D eigenvalue weighted by Crippen LogP contribution is -2.27. The molecule has 1 amide bonds. The number of hydrogen-bond acceptors (Lipinski definition) is 7. The van der Waals surface area contributed by atoms with Gasteiger partial charge in [-0.2, -0.15) is 4.39 Å². The van der Waals surface area contributed by atoms with Crippen LogP contribution in [0.1, 0.15) is 31.5 Å². The van der Waals surface area contributed by atoms with E-state index in [0.717, 1.165) is 35.4 Å². The van der Waals surface area contributed by atoms with Crippen molar-refractivity contribution in [2.75, 3.05) is 33.4 Å². The van der Waals surface area contributed by atoms with Gasteiger partial charge < -0.3 is 23.8 Å². The van der Waals surface area contributed by atoms with Gasteiger partial charge in [-0.05, 0) is 55.7 Å². The third-order valence-corrected chi connectivity index (χ3v) is 7.29. The number of amides is 1. The van der Waals surface area contributed by atoms with Crippen molar-refractivity contribution in [3.05, 3.63) is 66.5 Å². The predicted molar refractivity (Wildman–Crippen MR) is 149 cm³/mol. The highest BCUT2D eigenvalue weighted by atomic mass is 19.1. The summed E-state index contributed by atoms with van der Waals surface area (Å²) in [7, 11) is 1.41. The first-order valence-corrected chi connectivity index (χ1v) is 13.5. The van der Waals surface area contributed by atoms with Gasteiger partial charge in [0.05, 0.1) is 43.9 Å². The van der Waals surface area contributed by atoms with E-state index < -0.39 is 5.82 Å². The van der Waals surface area contributed by atoms with Crippen molar-refractivity contribution in [3.63, 3.8) is 0 Å². The molecule has 2 aliphatic rings. The largest absolute Gasteiger partial charge is 0.494 e. The minimum atomic E-state index is -0.566. The molecule has 4 heterocycles. The molecule has 2 aromatic carbocycles. The van der Waals surface area contributed by atoms with Gasteiger partial charge in [0.1, 0.15) is 17.7 Å². The summed E-state index contributed by atoms with van der Waals surface area (Å²) in [4.78, 5) is 23.8. The molecule has 10 heteroatoms. The summed E-state index contributed by atoms with van der Waals surface area (Å²) in [5.41, 5.74) is 2.33. The lowest BCUT2D eigenvalue weighted by atomic mass is 10.1. The number of methoxy groups -OCH3 is 1. The highest BCUT2D eigenvalue weighted by Gasteiger charge is 2.32.